The fourth-order valence-corrected chi connectivity index (χ4v) is 3.13. The molecule has 2 N–H and O–H groups in total. The van der Waals surface area contributed by atoms with Crippen LogP contribution in [0.1, 0.15) is 29.3 Å². The van der Waals surface area contributed by atoms with E-state index in [0.29, 0.717) is 18.9 Å². The van der Waals surface area contributed by atoms with E-state index in [-0.39, 0.29) is 24.4 Å². The van der Waals surface area contributed by atoms with Crippen molar-refractivity contribution >= 4 is 17.8 Å². The molecule has 1 aliphatic heterocycles. The van der Waals surface area contributed by atoms with Crippen LogP contribution in [0.5, 0.6) is 0 Å². The minimum Gasteiger partial charge on any atom is -0.354 e. The molecule has 3 rings (SSSR count). The van der Waals surface area contributed by atoms with E-state index in [2.05, 4.69) is 15.6 Å². The summed E-state index contributed by atoms with van der Waals surface area (Å²) in [7, 11) is 0. The lowest BCUT2D eigenvalue weighted by atomic mass is 10.0. The van der Waals surface area contributed by atoms with Gasteiger partial charge in [0.25, 0.3) is 0 Å². The molecule has 0 unspecified atom stereocenters. The van der Waals surface area contributed by atoms with Crippen LogP contribution >= 0.6 is 0 Å². The molecule has 0 bridgehead atoms. The molecule has 2 heterocycles. The van der Waals surface area contributed by atoms with E-state index in [1.54, 1.807) is 4.90 Å². The van der Waals surface area contributed by atoms with Gasteiger partial charge in [-0.15, -0.1) is 0 Å². The quantitative estimate of drug-likeness (QED) is 0.884. The first-order valence-electron chi connectivity index (χ1n) is 8.37. The van der Waals surface area contributed by atoms with Crippen LogP contribution in [0, 0.1) is 13.8 Å². The van der Waals surface area contributed by atoms with Crippen molar-refractivity contribution in [1.82, 2.24) is 15.2 Å². The second-order valence-electron chi connectivity index (χ2n) is 6.28. The smallest absolute Gasteiger partial charge is 0.323 e. The summed E-state index contributed by atoms with van der Waals surface area (Å²) in [5, 5.41) is 5.71. The molecule has 0 spiro atoms. The van der Waals surface area contributed by atoms with Crippen molar-refractivity contribution in [3.63, 3.8) is 0 Å². The summed E-state index contributed by atoms with van der Waals surface area (Å²) in [5.74, 6) is 0.478. The first kappa shape index (κ1) is 17.0. The predicted molar refractivity (Wildman–Crippen MR) is 96.2 cm³/mol. The highest BCUT2D eigenvalue weighted by molar-refractivity contribution is 5.89. The number of nitrogens with one attached hydrogen (secondary N) is 2. The number of hydrogen-bond acceptors (Lipinski definition) is 3. The Kier molecular flexibility index (Phi) is 4.97. The standard InChI is InChI=1S/C19H22N4O2/c1-13-10-14(2)21-17(11-13)22-19(25)23-9-8-20-18(24)12-16(23)15-6-4-3-5-7-15/h3-7,10-11,16H,8-9,12H2,1-2H3,(H,20,24)(H,21,22,25)/t16-/m1/s1. The largest absolute Gasteiger partial charge is 0.354 e. The van der Waals surface area contributed by atoms with E-state index in [1.165, 1.54) is 0 Å². The first-order chi connectivity index (χ1) is 12.0. The number of aryl methyl sites for hydroxylation is 2. The van der Waals surface area contributed by atoms with E-state index in [0.717, 1.165) is 16.8 Å². The number of nitrogens with zero attached hydrogens (tertiary/aromatic N) is 2. The fraction of sp³-hybridized carbons (Fsp3) is 0.316. The number of rotatable bonds is 2. The van der Waals surface area contributed by atoms with Crippen LogP contribution in [0.15, 0.2) is 42.5 Å². The highest BCUT2D eigenvalue weighted by Gasteiger charge is 2.30. The van der Waals surface area contributed by atoms with Gasteiger partial charge in [-0.2, -0.15) is 0 Å². The molecular weight excluding hydrogens is 316 g/mol. The molecule has 2 aromatic rings. The Morgan fingerprint density at radius 3 is 2.72 bits per heavy atom. The SMILES string of the molecule is Cc1cc(C)nc(NC(=O)N2CCNC(=O)C[C@@H]2c2ccccc2)c1. The average molecular weight is 338 g/mol. The van der Waals surface area contributed by atoms with Crippen LogP contribution in [-0.4, -0.2) is 34.9 Å². The number of carbonyl (C=O) groups is 2. The molecule has 1 atom stereocenters. The maximum atomic E-state index is 12.9. The zero-order valence-corrected chi connectivity index (χ0v) is 14.5. The Bertz CT molecular complexity index is 756. The van der Waals surface area contributed by atoms with Crippen LogP contribution in [0.2, 0.25) is 0 Å². The molecule has 6 nitrogen and oxygen atoms in total. The van der Waals surface area contributed by atoms with Crippen molar-refractivity contribution in [3.8, 4) is 0 Å². The topological polar surface area (TPSA) is 74.3 Å². The molecule has 130 valence electrons. The van der Waals surface area contributed by atoms with Gasteiger partial charge >= 0.3 is 6.03 Å². The third-order valence-electron chi connectivity index (χ3n) is 4.21. The van der Waals surface area contributed by atoms with E-state index in [4.69, 9.17) is 0 Å². The van der Waals surface area contributed by atoms with Gasteiger partial charge in [0, 0.05) is 18.8 Å². The van der Waals surface area contributed by atoms with Gasteiger partial charge in [-0.1, -0.05) is 30.3 Å². The molecule has 6 heteroatoms. The molecule has 0 aliphatic carbocycles. The molecule has 3 amide bonds. The third kappa shape index (κ3) is 4.15. The van der Waals surface area contributed by atoms with E-state index >= 15 is 0 Å². The van der Waals surface area contributed by atoms with Crippen LogP contribution in [-0.2, 0) is 4.79 Å². The number of benzene rings is 1. The van der Waals surface area contributed by atoms with Crippen LogP contribution in [0.25, 0.3) is 0 Å². The summed E-state index contributed by atoms with van der Waals surface area (Å²) in [6, 6.07) is 12.9. The molecular formula is C19H22N4O2. The van der Waals surface area contributed by atoms with Crippen molar-refractivity contribution in [2.24, 2.45) is 0 Å². The number of carbonyl (C=O) groups excluding carboxylic acids is 2. The number of hydrogen-bond donors (Lipinski definition) is 2. The lowest BCUT2D eigenvalue weighted by Gasteiger charge is -2.29. The second kappa shape index (κ2) is 7.34. The maximum Gasteiger partial charge on any atom is 0.323 e. The highest BCUT2D eigenvalue weighted by Crippen LogP contribution is 2.26. The van der Waals surface area contributed by atoms with Crippen molar-refractivity contribution in [2.75, 3.05) is 18.4 Å². The highest BCUT2D eigenvalue weighted by atomic mass is 16.2. The van der Waals surface area contributed by atoms with E-state index < -0.39 is 0 Å². The summed E-state index contributed by atoms with van der Waals surface area (Å²) in [5.41, 5.74) is 2.83. The summed E-state index contributed by atoms with van der Waals surface area (Å²) in [6.07, 6.45) is 0.248. The van der Waals surface area contributed by atoms with Gasteiger partial charge in [0.1, 0.15) is 5.82 Å². The molecule has 0 radical (unpaired) electrons. The van der Waals surface area contributed by atoms with Crippen LogP contribution in [0.4, 0.5) is 10.6 Å². The van der Waals surface area contributed by atoms with Gasteiger partial charge in [-0.25, -0.2) is 9.78 Å². The molecule has 1 aromatic heterocycles. The number of amides is 3. The summed E-state index contributed by atoms with van der Waals surface area (Å²) < 4.78 is 0. The van der Waals surface area contributed by atoms with Crippen molar-refractivity contribution in [2.45, 2.75) is 26.3 Å². The van der Waals surface area contributed by atoms with Crippen molar-refractivity contribution in [3.05, 3.63) is 59.3 Å². The lowest BCUT2D eigenvalue weighted by molar-refractivity contribution is -0.121. The second-order valence-corrected chi connectivity index (χ2v) is 6.28. The zero-order chi connectivity index (χ0) is 17.8. The fourth-order valence-electron chi connectivity index (χ4n) is 3.13. The number of anilines is 1. The predicted octanol–water partition coefficient (Wildman–Crippen LogP) is 2.79. The van der Waals surface area contributed by atoms with Gasteiger partial charge in [0.2, 0.25) is 5.91 Å². The lowest BCUT2D eigenvalue weighted by Crippen LogP contribution is -2.39. The van der Waals surface area contributed by atoms with Gasteiger partial charge in [0.05, 0.1) is 12.5 Å². The number of urea groups is 1. The van der Waals surface area contributed by atoms with Crippen molar-refractivity contribution < 1.29 is 9.59 Å². The van der Waals surface area contributed by atoms with E-state index in [1.807, 2.05) is 56.3 Å². The summed E-state index contributed by atoms with van der Waals surface area (Å²) in [6.45, 7) is 4.74. The summed E-state index contributed by atoms with van der Waals surface area (Å²) >= 11 is 0. The van der Waals surface area contributed by atoms with Crippen LogP contribution in [0.3, 0.4) is 0 Å². The third-order valence-corrected chi connectivity index (χ3v) is 4.21. The monoisotopic (exact) mass is 338 g/mol. The van der Waals surface area contributed by atoms with Gasteiger partial charge in [-0.3, -0.25) is 10.1 Å². The van der Waals surface area contributed by atoms with E-state index in [9.17, 15) is 9.59 Å². The van der Waals surface area contributed by atoms with Gasteiger partial charge < -0.3 is 10.2 Å². The Hall–Kier alpha value is -2.89. The number of pyridine rings is 1. The molecule has 1 aromatic carbocycles. The maximum absolute atomic E-state index is 12.9. The average Bonchev–Trinajstić information content (AvgIpc) is 2.76. The molecule has 0 saturated carbocycles. The normalized spacial score (nSPS) is 17.6. The van der Waals surface area contributed by atoms with Crippen LogP contribution < -0.4 is 10.6 Å². The van der Waals surface area contributed by atoms with Crippen molar-refractivity contribution in [1.29, 1.82) is 0 Å². The molecule has 1 saturated heterocycles. The van der Waals surface area contributed by atoms with Gasteiger partial charge in [-0.05, 0) is 37.1 Å². The Morgan fingerprint density at radius 2 is 2.00 bits per heavy atom. The summed E-state index contributed by atoms with van der Waals surface area (Å²) in [4.78, 5) is 30.9. The minimum absolute atomic E-state index is 0.0475. The molecule has 1 fully saturated rings. The minimum atomic E-state index is -0.297. The zero-order valence-electron chi connectivity index (χ0n) is 14.5. The molecule has 1 aliphatic rings. The van der Waals surface area contributed by atoms with Gasteiger partial charge in [0.15, 0.2) is 0 Å². The Balaban J connectivity index is 1.85. The number of aromatic nitrogens is 1. The molecule has 25 heavy (non-hydrogen) atoms. The Morgan fingerprint density at radius 1 is 1.24 bits per heavy atom. The Labute approximate surface area is 147 Å². The first-order valence-corrected chi connectivity index (χ1v) is 8.37.